The molecule has 30 heavy (non-hydrogen) atoms. The number of hydrogen-bond donors (Lipinski definition) is 2. The maximum absolute atomic E-state index is 13.1. The lowest BCUT2D eigenvalue weighted by Crippen LogP contribution is -2.36. The Bertz CT molecular complexity index is 1160. The van der Waals surface area contributed by atoms with Crippen molar-refractivity contribution in [3.63, 3.8) is 0 Å². The summed E-state index contributed by atoms with van der Waals surface area (Å²) in [7, 11) is -3.58. The number of fused-ring (bicyclic) bond motifs is 1. The molecule has 0 bridgehead atoms. The van der Waals surface area contributed by atoms with Crippen LogP contribution in [-0.2, 0) is 16.4 Å². The number of rotatable bonds is 6. The van der Waals surface area contributed by atoms with Gasteiger partial charge in [0.1, 0.15) is 0 Å². The summed E-state index contributed by atoms with van der Waals surface area (Å²) in [5.41, 5.74) is 3.25. The minimum Gasteiger partial charge on any atom is -0.361 e. The third kappa shape index (κ3) is 4.13. The number of sulfonamides is 1. The summed E-state index contributed by atoms with van der Waals surface area (Å²) in [4.78, 5) is 16.1. The number of aryl methyl sites for hydroxylation is 1. The fourth-order valence-corrected chi connectivity index (χ4v) is 5.78. The Morgan fingerprint density at radius 2 is 1.87 bits per heavy atom. The minimum atomic E-state index is -3.58. The molecule has 6 nitrogen and oxygen atoms in total. The molecule has 0 unspecified atom stereocenters. The number of aromatic amines is 1. The highest BCUT2D eigenvalue weighted by Crippen LogP contribution is 2.24. The molecule has 3 aromatic rings. The molecule has 1 fully saturated rings. The predicted octanol–water partition coefficient (Wildman–Crippen LogP) is 3.62. The van der Waals surface area contributed by atoms with Crippen molar-refractivity contribution in [2.75, 3.05) is 19.6 Å². The van der Waals surface area contributed by atoms with E-state index in [4.69, 9.17) is 0 Å². The SMILES string of the molecule is Cc1ccc(C(=O)NCCc2c[nH]c3ccccc23)cc1S(=O)(=O)N1CCCCC1. The molecular formula is C23H27N3O3S. The van der Waals surface area contributed by atoms with E-state index in [1.54, 1.807) is 19.1 Å². The highest BCUT2D eigenvalue weighted by Gasteiger charge is 2.28. The lowest BCUT2D eigenvalue weighted by molar-refractivity contribution is 0.0954. The third-order valence-electron chi connectivity index (χ3n) is 5.74. The van der Waals surface area contributed by atoms with Gasteiger partial charge < -0.3 is 10.3 Å². The summed E-state index contributed by atoms with van der Waals surface area (Å²) >= 11 is 0. The lowest BCUT2D eigenvalue weighted by atomic mass is 10.1. The van der Waals surface area contributed by atoms with Crippen LogP contribution in [0, 0.1) is 6.92 Å². The number of aromatic nitrogens is 1. The van der Waals surface area contributed by atoms with Crippen LogP contribution in [0.5, 0.6) is 0 Å². The zero-order valence-electron chi connectivity index (χ0n) is 17.1. The first kappa shape index (κ1) is 20.6. The van der Waals surface area contributed by atoms with Crippen LogP contribution in [-0.4, -0.2) is 43.2 Å². The average Bonchev–Trinajstić information content (AvgIpc) is 3.17. The molecule has 7 heteroatoms. The Labute approximate surface area is 177 Å². The maximum Gasteiger partial charge on any atom is 0.251 e. The van der Waals surface area contributed by atoms with Crippen molar-refractivity contribution in [2.45, 2.75) is 37.5 Å². The number of piperidine rings is 1. The highest BCUT2D eigenvalue weighted by molar-refractivity contribution is 7.89. The minimum absolute atomic E-state index is 0.230. The van der Waals surface area contributed by atoms with Crippen LogP contribution in [0.3, 0.4) is 0 Å². The molecule has 1 amide bonds. The van der Waals surface area contributed by atoms with Gasteiger partial charge >= 0.3 is 0 Å². The molecule has 158 valence electrons. The molecule has 0 aliphatic carbocycles. The van der Waals surface area contributed by atoms with Crippen molar-refractivity contribution >= 4 is 26.8 Å². The van der Waals surface area contributed by atoms with Crippen molar-refractivity contribution < 1.29 is 13.2 Å². The van der Waals surface area contributed by atoms with Crippen LogP contribution in [0.4, 0.5) is 0 Å². The van der Waals surface area contributed by atoms with E-state index in [-0.39, 0.29) is 10.8 Å². The second-order valence-corrected chi connectivity index (χ2v) is 9.72. The Balaban J connectivity index is 1.46. The van der Waals surface area contributed by atoms with E-state index in [2.05, 4.69) is 16.4 Å². The first-order chi connectivity index (χ1) is 14.5. The van der Waals surface area contributed by atoms with E-state index in [0.717, 1.165) is 35.7 Å². The molecule has 1 aliphatic heterocycles. The lowest BCUT2D eigenvalue weighted by Gasteiger charge is -2.26. The van der Waals surface area contributed by atoms with E-state index < -0.39 is 10.0 Å². The second kappa shape index (κ2) is 8.62. The number of amides is 1. The van der Waals surface area contributed by atoms with Crippen LogP contribution >= 0.6 is 0 Å². The summed E-state index contributed by atoms with van der Waals surface area (Å²) in [6, 6.07) is 13.0. The number of carbonyl (C=O) groups is 1. The number of hydrogen-bond acceptors (Lipinski definition) is 3. The number of para-hydroxylation sites is 1. The van der Waals surface area contributed by atoms with Gasteiger partial charge in [-0.05, 0) is 55.5 Å². The topological polar surface area (TPSA) is 82.3 Å². The number of nitrogens with zero attached hydrogens (tertiary/aromatic N) is 1. The van der Waals surface area contributed by atoms with Crippen LogP contribution in [0.1, 0.15) is 40.7 Å². The van der Waals surface area contributed by atoms with Gasteiger partial charge in [0.05, 0.1) is 4.90 Å². The first-order valence-corrected chi connectivity index (χ1v) is 11.8. The molecule has 1 saturated heterocycles. The van der Waals surface area contributed by atoms with Crippen LogP contribution < -0.4 is 5.32 Å². The van der Waals surface area contributed by atoms with Crippen LogP contribution in [0.25, 0.3) is 10.9 Å². The second-order valence-electron chi connectivity index (χ2n) is 7.81. The number of H-pyrrole nitrogens is 1. The zero-order valence-corrected chi connectivity index (χ0v) is 18.0. The van der Waals surface area contributed by atoms with Crippen LogP contribution in [0.15, 0.2) is 53.6 Å². The van der Waals surface area contributed by atoms with E-state index in [1.165, 1.54) is 10.4 Å². The summed E-state index contributed by atoms with van der Waals surface area (Å²) in [5.74, 6) is -0.259. The van der Waals surface area contributed by atoms with Crippen molar-refractivity contribution in [2.24, 2.45) is 0 Å². The monoisotopic (exact) mass is 425 g/mol. The Hall–Kier alpha value is -2.64. The van der Waals surface area contributed by atoms with E-state index in [9.17, 15) is 13.2 Å². The van der Waals surface area contributed by atoms with Gasteiger partial charge in [0.15, 0.2) is 0 Å². The van der Waals surface area contributed by atoms with Crippen LogP contribution in [0.2, 0.25) is 0 Å². The molecule has 0 saturated carbocycles. The molecule has 4 rings (SSSR count). The normalized spacial score (nSPS) is 15.4. The van der Waals surface area contributed by atoms with E-state index >= 15 is 0 Å². The molecular weight excluding hydrogens is 398 g/mol. The molecule has 0 radical (unpaired) electrons. The van der Waals surface area contributed by atoms with Gasteiger partial charge in [-0.1, -0.05) is 30.7 Å². The van der Waals surface area contributed by atoms with Gasteiger partial charge in [-0.25, -0.2) is 8.42 Å². The standard InChI is InChI=1S/C23H27N3O3S/c1-17-9-10-18(15-22(17)30(28,29)26-13-5-2-6-14-26)23(27)24-12-11-19-16-25-21-8-4-3-7-20(19)21/h3-4,7-10,15-16,25H,2,5-6,11-14H2,1H3,(H,24,27). The molecule has 1 aromatic heterocycles. The maximum atomic E-state index is 13.1. The van der Waals surface area contributed by atoms with Gasteiger partial charge in [-0.2, -0.15) is 4.31 Å². The molecule has 2 heterocycles. The average molecular weight is 426 g/mol. The summed E-state index contributed by atoms with van der Waals surface area (Å²) in [6.07, 6.45) is 5.48. The first-order valence-electron chi connectivity index (χ1n) is 10.4. The van der Waals surface area contributed by atoms with Gasteiger partial charge in [-0.3, -0.25) is 4.79 Å². The molecule has 1 aliphatic rings. The number of benzene rings is 2. The smallest absolute Gasteiger partial charge is 0.251 e. The third-order valence-corrected chi connectivity index (χ3v) is 7.78. The predicted molar refractivity (Wildman–Crippen MR) is 118 cm³/mol. The van der Waals surface area contributed by atoms with Gasteiger partial charge in [-0.15, -0.1) is 0 Å². The fraction of sp³-hybridized carbons (Fsp3) is 0.348. The van der Waals surface area contributed by atoms with Crippen molar-refractivity contribution in [3.05, 3.63) is 65.4 Å². The number of nitrogens with one attached hydrogen (secondary N) is 2. The highest BCUT2D eigenvalue weighted by atomic mass is 32.2. The fourth-order valence-electron chi connectivity index (χ4n) is 4.01. The Morgan fingerprint density at radius 3 is 2.67 bits per heavy atom. The number of carbonyl (C=O) groups excluding carboxylic acids is 1. The summed E-state index contributed by atoms with van der Waals surface area (Å²) in [5, 5.41) is 4.07. The largest absolute Gasteiger partial charge is 0.361 e. The van der Waals surface area contributed by atoms with E-state index in [0.29, 0.717) is 37.2 Å². The molecule has 2 aromatic carbocycles. The summed E-state index contributed by atoms with van der Waals surface area (Å²) < 4.78 is 27.7. The van der Waals surface area contributed by atoms with Crippen molar-refractivity contribution in [3.8, 4) is 0 Å². The van der Waals surface area contributed by atoms with Gasteiger partial charge in [0.2, 0.25) is 10.0 Å². The van der Waals surface area contributed by atoms with E-state index in [1.807, 2.05) is 24.4 Å². The Kier molecular flexibility index (Phi) is 5.92. The molecule has 2 N–H and O–H groups in total. The van der Waals surface area contributed by atoms with Crippen molar-refractivity contribution in [1.29, 1.82) is 0 Å². The summed E-state index contributed by atoms with van der Waals surface area (Å²) in [6.45, 7) is 3.34. The Morgan fingerprint density at radius 1 is 1.10 bits per heavy atom. The zero-order chi connectivity index (χ0) is 21.1. The molecule has 0 spiro atoms. The van der Waals surface area contributed by atoms with Crippen molar-refractivity contribution in [1.82, 2.24) is 14.6 Å². The molecule has 0 atom stereocenters. The van der Waals surface area contributed by atoms with Gasteiger partial charge in [0.25, 0.3) is 5.91 Å². The quantitative estimate of drug-likeness (QED) is 0.633. The van der Waals surface area contributed by atoms with Gasteiger partial charge in [0, 0.05) is 42.3 Å².